The van der Waals surface area contributed by atoms with Gasteiger partial charge in [0.15, 0.2) is 0 Å². The molecule has 1 unspecified atom stereocenters. The average Bonchev–Trinajstić information content (AvgIpc) is 2.39. The molecule has 0 fully saturated rings. The number of ether oxygens (including phenoxy) is 1. The topological polar surface area (TPSA) is 46.5 Å². The van der Waals surface area contributed by atoms with E-state index in [-0.39, 0.29) is 0 Å². The van der Waals surface area contributed by atoms with Crippen molar-refractivity contribution >= 4 is 11.5 Å². The third kappa shape index (κ3) is 2.30. The zero-order valence-corrected chi connectivity index (χ0v) is 10.5. The predicted octanol–water partition coefficient (Wildman–Crippen LogP) is 3.13. The lowest BCUT2D eigenvalue weighted by Gasteiger charge is -2.25. The summed E-state index contributed by atoms with van der Waals surface area (Å²) in [7, 11) is 1.62. The van der Waals surface area contributed by atoms with Gasteiger partial charge in [0.2, 0.25) is 0 Å². The second-order valence-corrected chi connectivity index (χ2v) is 4.68. The molecule has 3 nitrogen and oxygen atoms in total. The van der Waals surface area contributed by atoms with Crippen LogP contribution in [-0.2, 0) is 4.79 Å². The number of rotatable bonds is 3. The van der Waals surface area contributed by atoms with E-state index in [2.05, 4.69) is 0 Å². The third-order valence-corrected chi connectivity index (χ3v) is 3.27. The Bertz CT molecular complexity index is 511. The van der Waals surface area contributed by atoms with Crippen molar-refractivity contribution in [3.8, 4) is 5.75 Å². The summed E-state index contributed by atoms with van der Waals surface area (Å²) in [5.74, 6) is 0.00422. The summed E-state index contributed by atoms with van der Waals surface area (Å²) in [4.78, 5) is 11.3. The van der Waals surface area contributed by atoms with E-state index in [0.29, 0.717) is 6.42 Å². The van der Waals surface area contributed by atoms with E-state index in [4.69, 9.17) is 4.74 Å². The van der Waals surface area contributed by atoms with Crippen LogP contribution in [0.1, 0.15) is 18.9 Å². The van der Waals surface area contributed by atoms with Gasteiger partial charge < -0.3 is 9.84 Å². The minimum atomic E-state index is -0.815. The molecule has 0 heterocycles. The van der Waals surface area contributed by atoms with Crippen LogP contribution in [0.3, 0.4) is 0 Å². The molecule has 2 rings (SSSR count). The molecule has 0 radical (unpaired) electrons. The molecule has 0 spiro atoms. The molecular formula is C15H16O3. The van der Waals surface area contributed by atoms with Gasteiger partial charge in [0.05, 0.1) is 12.5 Å². The van der Waals surface area contributed by atoms with Crippen LogP contribution in [0.2, 0.25) is 0 Å². The number of carbonyl (C=O) groups is 1. The van der Waals surface area contributed by atoms with Crippen LogP contribution in [0, 0.1) is 5.41 Å². The van der Waals surface area contributed by atoms with Gasteiger partial charge in [-0.25, -0.2) is 0 Å². The van der Waals surface area contributed by atoms with Crippen molar-refractivity contribution in [2.75, 3.05) is 7.11 Å². The highest BCUT2D eigenvalue weighted by molar-refractivity contribution is 5.82. The zero-order chi connectivity index (χ0) is 13.2. The van der Waals surface area contributed by atoms with Crippen molar-refractivity contribution in [3.63, 3.8) is 0 Å². The minimum Gasteiger partial charge on any atom is -0.497 e. The van der Waals surface area contributed by atoms with Crippen molar-refractivity contribution < 1.29 is 14.6 Å². The highest BCUT2D eigenvalue weighted by Crippen LogP contribution is 2.36. The van der Waals surface area contributed by atoms with Crippen LogP contribution in [0.15, 0.2) is 42.5 Å². The monoisotopic (exact) mass is 244 g/mol. The van der Waals surface area contributed by atoms with Gasteiger partial charge in [-0.2, -0.15) is 0 Å². The van der Waals surface area contributed by atoms with Crippen molar-refractivity contribution in [3.05, 3.63) is 48.1 Å². The van der Waals surface area contributed by atoms with Crippen LogP contribution < -0.4 is 4.74 Å². The van der Waals surface area contributed by atoms with Crippen LogP contribution in [0.25, 0.3) is 5.57 Å². The summed E-state index contributed by atoms with van der Waals surface area (Å²) in [6.45, 7) is 1.74. The maximum atomic E-state index is 11.3. The number of aliphatic carboxylic acids is 1. The molecule has 1 aliphatic rings. The molecule has 18 heavy (non-hydrogen) atoms. The fourth-order valence-electron chi connectivity index (χ4n) is 2.04. The van der Waals surface area contributed by atoms with E-state index < -0.39 is 11.4 Å². The number of allylic oxidation sites excluding steroid dienone is 3. The Labute approximate surface area is 106 Å². The average molecular weight is 244 g/mol. The quantitative estimate of drug-likeness (QED) is 0.888. The molecule has 0 amide bonds. The van der Waals surface area contributed by atoms with Crippen molar-refractivity contribution in [1.29, 1.82) is 0 Å². The van der Waals surface area contributed by atoms with Crippen molar-refractivity contribution in [2.45, 2.75) is 13.3 Å². The van der Waals surface area contributed by atoms with Gasteiger partial charge in [-0.15, -0.1) is 0 Å². The predicted molar refractivity (Wildman–Crippen MR) is 70.5 cm³/mol. The second kappa shape index (κ2) is 4.69. The molecule has 1 aromatic carbocycles. The van der Waals surface area contributed by atoms with Crippen molar-refractivity contribution in [2.24, 2.45) is 5.41 Å². The van der Waals surface area contributed by atoms with Gasteiger partial charge in [0.1, 0.15) is 5.75 Å². The Kier molecular flexibility index (Phi) is 3.24. The molecule has 1 aromatic rings. The largest absolute Gasteiger partial charge is 0.497 e. The molecule has 0 aromatic heterocycles. The smallest absolute Gasteiger partial charge is 0.313 e. The first-order valence-electron chi connectivity index (χ1n) is 5.81. The Morgan fingerprint density at radius 3 is 2.56 bits per heavy atom. The Hall–Kier alpha value is -2.03. The lowest BCUT2D eigenvalue weighted by molar-refractivity contribution is -0.144. The van der Waals surface area contributed by atoms with Gasteiger partial charge in [-0.3, -0.25) is 4.79 Å². The van der Waals surface area contributed by atoms with E-state index in [1.807, 2.05) is 36.4 Å². The molecule has 0 aliphatic heterocycles. The van der Waals surface area contributed by atoms with E-state index in [1.54, 1.807) is 20.1 Å². The normalized spacial score (nSPS) is 22.4. The summed E-state index contributed by atoms with van der Waals surface area (Å²) in [6.07, 6.45) is 6.03. The lowest BCUT2D eigenvalue weighted by Crippen LogP contribution is -2.26. The fraction of sp³-hybridized carbons (Fsp3) is 0.267. The van der Waals surface area contributed by atoms with Gasteiger partial charge in [0, 0.05) is 0 Å². The second-order valence-electron chi connectivity index (χ2n) is 4.68. The maximum Gasteiger partial charge on any atom is 0.313 e. The van der Waals surface area contributed by atoms with Gasteiger partial charge >= 0.3 is 5.97 Å². The molecule has 1 N–H and O–H groups in total. The third-order valence-electron chi connectivity index (χ3n) is 3.27. The number of benzene rings is 1. The standard InChI is InChI=1S/C15H16O3/c1-15(14(16)17)9-3-4-12(10-15)11-5-7-13(18-2)8-6-11/h3-9H,10H2,1-2H3,(H,16,17). The molecule has 1 aliphatic carbocycles. The molecule has 3 heteroatoms. The maximum absolute atomic E-state index is 11.3. The molecular weight excluding hydrogens is 228 g/mol. The Balaban J connectivity index is 2.26. The van der Waals surface area contributed by atoms with E-state index in [1.165, 1.54) is 0 Å². The molecule has 0 saturated heterocycles. The summed E-state index contributed by atoms with van der Waals surface area (Å²) in [6, 6.07) is 7.66. The summed E-state index contributed by atoms with van der Waals surface area (Å²) >= 11 is 0. The van der Waals surface area contributed by atoms with Gasteiger partial charge in [-0.05, 0) is 36.6 Å². The van der Waals surface area contributed by atoms with E-state index in [0.717, 1.165) is 16.9 Å². The number of carboxylic acids is 1. The number of methoxy groups -OCH3 is 1. The summed E-state index contributed by atoms with van der Waals surface area (Å²) < 4.78 is 5.11. The van der Waals surface area contributed by atoms with Crippen LogP contribution in [0.4, 0.5) is 0 Å². The molecule has 1 atom stereocenters. The number of hydrogen-bond donors (Lipinski definition) is 1. The fourth-order valence-corrected chi connectivity index (χ4v) is 2.04. The minimum absolute atomic E-state index is 0.505. The highest BCUT2D eigenvalue weighted by Gasteiger charge is 2.32. The number of carboxylic acid groups (broad SMARTS) is 1. The SMILES string of the molecule is COc1ccc(C2=CC=CC(C)(C(=O)O)C2)cc1. The van der Waals surface area contributed by atoms with Crippen LogP contribution in [0.5, 0.6) is 5.75 Å². The summed E-state index contributed by atoms with van der Waals surface area (Å²) in [5, 5.41) is 9.25. The lowest BCUT2D eigenvalue weighted by atomic mass is 9.78. The molecule has 94 valence electrons. The Morgan fingerprint density at radius 2 is 2.00 bits per heavy atom. The van der Waals surface area contributed by atoms with Crippen LogP contribution >= 0.6 is 0 Å². The molecule has 0 bridgehead atoms. The van der Waals surface area contributed by atoms with E-state index in [9.17, 15) is 9.90 Å². The zero-order valence-electron chi connectivity index (χ0n) is 10.5. The van der Waals surface area contributed by atoms with Crippen molar-refractivity contribution in [1.82, 2.24) is 0 Å². The first-order chi connectivity index (χ1) is 8.55. The first kappa shape index (κ1) is 12.4. The number of hydrogen-bond acceptors (Lipinski definition) is 2. The van der Waals surface area contributed by atoms with E-state index >= 15 is 0 Å². The first-order valence-corrected chi connectivity index (χ1v) is 5.81. The molecule has 0 saturated carbocycles. The Morgan fingerprint density at radius 1 is 1.33 bits per heavy atom. The van der Waals surface area contributed by atoms with Crippen LogP contribution in [-0.4, -0.2) is 18.2 Å². The van der Waals surface area contributed by atoms with Gasteiger partial charge in [0.25, 0.3) is 0 Å². The van der Waals surface area contributed by atoms with Gasteiger partial charge in [-0.1, -0.05) is 30.4 Å². The highest BCUT2D eigenvalue weighted by atomic mass is 16.5. The summed E-state index contributed by atoms with van der Waals surface area (Å²) in [5.41, 5.74) is 1.25.